The zero-order valence-corrected chi connectivity index (χ0v) is 11.4. The van der Waals surface area contributed by atoms with E-state index in [-0.39, 0.29) is 0 Å². The largest absolute Gasteiger partial charge is 0.310 e. The Morgan fingerprint density at radius 1 is 1.17 bits per heavy atom. The van der Waals surface area contributed by atoms with Crippen molar-refractivity contribution in [3.63, 3.8) is 0 Å². The molecule has 1 nitrogen and oxygen atoms in total. The van der Waals surface area contributed by atoms with Crippen LogP contribution in [0, 0.1) is 0 Å². The van der Waals surface area contributed by atoms with Crippen LogP contribution in [0.4, 0.5) is 0 Å². The van der Waals surface area contributed by atoms with Crippen molar-refractivity contribution in [2.45, 2.75) is 38.6 Å². The molecule has 1 aliphatic carbocycles. The summed E-state index contributed by atoms with van der Waals surface area (Å²) in [6.45, 7) is 5.59. The van der Waals surface area contributed by atoms with Gasteiger partial charge in [0.1, 0.15) is 0 Å². The molecule has 0 fully saturated rings. The molecule has 0 saturated heterocycles. The molecule has 1 N–H and O–H groups in total. The monoisotopic (exact) mass is 241 g/mol. The molecule has 0 spiro atoms. The quantitative estimate of drug-likeness (QED) is 0.730. The van der Waals surface area contributed by atoms with Crippen LogP contribution in [0.25, 0.3) is 0 Å². The summed E-state index contributed by atoms with van der Waals surface area (Å²) in [5.74, 6) is 0.455. The molecule has 0 amide bonds. The minimum absolute atomic E-state index is 0.426. The Balaban J connectivity index is 2.11. The van der Waals surface area contributed by atoms with Crippen LogP contribution in [0.3, 0.4) is 0 Å². The van der Waals surface area contributed by atoms with Crippen LogP contribution in [-0.2, 0) is 0 Å². The van der Waals surface area contributed by atoms with Gasteiger partial charge in [-0.15, -0.1) is 0 Å². The van der Waals surface area contributed by atoms with E-state index < -0.39 is 0 Å². The first kappa shape index (κ1) is 13.1. The van der Waals surface area contributed by atoms with E-state index >= 15 is 0 Å². The third kappa shape index (κ3) is 3.11. The predicted octanol–water partition coefficient (Wildman–Crippen LogP) is 4.35. The molecular formula is C17H23N. The number of unbranched alkanes of at least 4 members (excludes halogenated alkanes) is 1. The molecule has 1 aromatic rings. The molecule has 1 unspecified atom stereocenters. The van der Waals surface area contributed by atoms with Crippen LogP contribution < -0.4 is 5.32 Å². The fraction of sp³-hybridized carbons (Fsp3) is 0.412. The molecule has 96 valence electrons. The lowest BCUT2D eigenvalue weighted by Gasteiger charge is -2.20. The van der Waals surface area contributed by atoms with Crippen LogP contribution in [0.15, 0.2) is 48.6 Å². The van der Waals surface area contributed by atoms with Gasteiger partial charge in [-0.2, -0.15) is 0 Å². The van der Waals surface area contributed by atoms with E-state index in [9.17, 15) is 0 Å². The van der Waals surface area contributed by atoms with Gasteiger partial charge >= 0.3 is 0 Å². The highest BCUT2D eigenvalue weighted by atomic mass is 14.9. The summed E-state index contributed by atoms with van der Waals surface area (Å²) in [4.78, 5) is 0. The zero-order chi connectivity index (χ0) is 12.8. The Hall–Kier alpha value is -1.34. The summed E-state index contributed by atoms with van der Waals surface area (Å²) in [6.07, 6.45) is 11.3. The molecule has 1 aromatic carbocycles. The Kier molecular flexibility index (Phi) is 4.77. The maximum absolute atomic E-state index is 3.62. The molecule has 0 heterocycles. The van der Waals surface area contributed by atoms with Crippen LogP contribution >= 0.6 is 0 Å². The van der Waals surface area contributed by atoms with Gasteiger partial charge in [-0.3, -0.25) is 0 Å². The van der Waals surface area contributed by atoms with Crippen molar-refractivity contribution in [1.82, 2.24) is 5.32 Å². The lowest BCUT2D eigenvalue weighted by atomic mass is 9.92. The first-order valence-corrected chi connectivity index (χ1v) is 7.00. The second-order valence-corrected chi connectivity index (χ2v) is 4.95. The van der Waals surface area contributed by atoms with E-state index in [0.717, 1.165) is 6.54 Å². The van der Waals surface area contributed by atoms with Gasteiger partial charge in [0.05, 0.1) is 0 Å². The van der Waals surface area contributed by atoms with E-state index in [4.69, 9.17) is 0 Å². The summed E-state index contributed by atoms with van der Waals surface area (Å²) in [5.41, 5.74) is 2.86. The van der Waals surface area contributed by atoms with Gasteiger partial charge < -0.3 is 5.32 Å². The average Bonchev–Trinajstić information content (AvgIpc) is 2.93. The van der Waals surface area contributed by atoms with Crippen molar-refractivity contribution in [1.29, 1.82) is 0 Å². The molecule has 0 radical (unpaired) electrons. The van der Waals surface area contributed by atoms with Crippen molar-refractivity contribution in [2.24, 2.45) is 0 Å². The topological polar surface area (TPSA) is 12.0 Å². The number of allylic oxidation sites excluding steroid dienone is 4. The maximum Gasteiger partial charge on any atom is 0.0294 e. The summed E-state index contributed by atoms with van der Waals surface area (Å²) in [6, 6.07) is 9.20. The van der Waals surface area contributed by atoms with Gasteiger partial charge in [-0.25, -0.2) is 0 Å². The lowest BCUT2D eigenvalue weighted by Crippen LogP contribution is -2.21. The normalized spacial score (nSPS) is 16.3. The highest BCUT2D eigenvalue weighted by Crippen LogP contribution is 2.29. The molecule has 0 saturated carbocycles. The fourth-order valence-electron chi connectivity index (χ4n) is 2.45. The first-order valence-electron chi connectivity index (χ1n) is 7.00. The smallest absolute Gasteiger partial charge is 0.0294 e. The molecule has 0 aliphatic heterocycles. The highest BCUT2D eigenvalue weighted by Gasteiger charge is 2.15. The zero-order valence-electron chi connectivity index (χ0n) is 11.4. The maximum atomic E-state index is 3.62. The SMILES string of the molecule is CCCCNC(C)c1ccccc1C1C=CC=C1. The van der Waals surface area contributed by atoms with Crippen LogP contribution in [0.5, 0.6) is 0 Å². The minimum atomic E-state index is 0.426. The van der Waals surface area contributed by atoms with E-state index in [1.807, 2.05) is 0 Å². The average molecular weight is 241 g/mol. The van der Waals surface area contributed by atoms with Gasteiger partial charge in [0.25, 0.3) is 0 Å². The van der Waals surface area contributed by atoms with Gasteiger partial charge in [0.15, 0.2) is 0 Å². The Morgan fingerprint density at radius 3 is 2.61 bits per heavy atom. The van der Waals surface area contributed by atoms with Crippen LogP contribution in [0.1, 0.15) is 49.8 Å². The van der Waals surface area contributed by atoms with E-state index in [2.05, 4.69) is 67.7 Å². The molecular weight excluding hydrogens is 218 g/mol. The molecule has 0 aromatic heterocycles. The molecule has 18 heavy (non-hydrogen) atoms. The van der Waals surface area contributed by atoms with E-state index in [0.29, 0.717) is 12.0 Å². The molecule has 1 heteroatoms. The number of benzene rings is 1. The van der Waals surface area contributed by atoms with Crippen molar-refractivity contribution >= 4 is 0 Å². The number of hydrogen-bond donors (Lipinski definition) is 1. The first-order chi connectivity index (χ1) is 8.83. The molecule has 1 atom stereocenters. The van der Waals surface area contributed by atoms with Crippen LogP contribution in [-0.4, -0.2) is 6.54 Å². The number of hydrogen-bond acceptors (Lipinski definition) is 1. The summed E-state index contributed by atoms with van der Waals surface area (Å²) in [7, 11) is 0. The number of rotatable bonds is 6. The lowest BCUT2D eigenvalue weighted by molar-refractivity contribution is 0.551. The predicted molar refractivity (Wildman–Crippen MR) is 78.8 cm³/mol. The van der Waals surface area contributed by atoms with Gasteiger partial charge in [-0.05, 0) is 31.0 Å². The second-order valence-electron chi connectivity index (χ2n) is 4.95. The second kappa shape index (κ2) is 6.55. The summed E-state index contributed by atoms with van der Waals surface area (Å²) >= 11 is 0. The third-order valence-corrected chi connectivity index (χ3v) is 3.55. The summed E-state index contributed by atoms with van der Waals surface area (Å²) in [5, 5.41) is 3.62. The third-order valence-electron chi connectivity index (χ3n) is 3.55. The van der Waals surface area contributed by atoms with Gasteiger partial charge in [-0.1, -0.05) is 61.9 Å². The summed E-state index contributed by atoms with van der Waals surface area (Å²) < 4.78 is 0. The standard InChI is InChI=1S/C17H23N/c1-3-4-13-18-14(2)16-11-7-8-12-17(16)15-9-5-6-10-15/h5-12,14-15,18H,3-4,13H2,1-2H3. The minimum Gasteiger partial charge on any atom is -0.310 e. The van der Waals surface area contributed by atoms with Gasteiger partial charge in [0.2, 0.25) is 0 Å². The Bertz CT molecular complexity index is 419. The van der Waals surface area contributed by atoms with Crippen molar-refractivity contribution in [2.75, 3.05) is 6.54 Å². The van der Waals surface area contributed by atoms with Crippen molar-refractivity contribution in [3.05, 3.63) is 59.7 Å². The Labute approximate surface area is 111 Å². The van der Waals surface area contributed by atoms with E-state index in [1.165, 1.54) is 24.0 Å². The molecule has 1 aliphatic rings. The molecule has 0 bridgehead atoms. The van der Waals surface area contributed by atoms with Crippen molar-refractivity contribution < 1.29 is 0 Å². The highest BCUT2D eigenvalue weighted by molar-refractivity contribution is 5.41. The van der Waals surface area contributed by atoms with Crippen molar-refractivity contribution in [3.8, 4) is 0 Å². The Morgan fingerprint density at radius 2 is 1.89 bits per heavy atom. The van der Waals surface area contributed by atoms with E-state index in [1.54, 1.807) is 0 Å². The molecule has 2 rings (SSSR count). The number of nitrogens with one attached hydrogen (secondary N) is 1. The van der Waals surface area contributed by atoms with Gasteiger partial charge in [0, 0.05) is 12.0 Å². The van der Waals surface area contributed by atoms with Crippen LogP contribution in [0.2, 0.25) is 0 Å². The fourth-order valence-corrected chi connectivity index (χ4v) is 2.45.